The molecule has 0 unspecified atom stereocenters. The van der Waals surface area contributed by atoms with Gasteiger partial charge in [-0.2, -0.15) is 0 Å². The molecule has 0 saturated carbocycles. The molecule has 0 amide bonds. The van der Waals surface area contributed by atoms with Crippen molar-refractivity contribution < 1.29 is 4.57 Å². The number of hydrogen-bond acceptors (Lipinski definition) is 2. The van der Waals surface area contributed by atoms with Crippen molar-refractivity contribution in [2.75, 3.05) is 25.4 Å². The Hall–Kier alpha value is 0.0600. The van der Waals surface area contributed by atoms with E-state index in [-0.39, 0.29) is 0 Å². The average Bonchev–Trinajstić information content (AvgIpc) is 1.88. The number of nitrogens with zero attached hydrogens (tertiary/aromatic N) is 1. The van der Waals surface area contributed by atoms with Gasteiger partial charge in [-0.3, -0.25) is 4.90 Å². The highest BCUT2D eigenvalue weighted by atomic mass is 31.1. The fourth-order valence-electron chi connectivity index (χ4n) is 1.22. The van der Waals surface area contributed by atoms with Crippen LogP contribution in [0.25, 0.3) is 0 Å². The van der Waals surface area contributed by atoms with Crippen LogP contribution in [0.15, 0.2) is 0 Å². The van der Waals surface area contributed by atoms with E-state index in [9.17, 15) is 4.57 Å². The summed E-state index contributed by atoms with van der Waals surface area (Å²) in [5.41, 5.74) is 0. The molecule has 58 valence electrons. The summed E-state index contributed by atoms with van der Waals surface area (Å²) in [6.45, 7) is 6.45. The quantitative estimate of drug-likeness (QED) is 0.542. The van der Waals surface area contributed by atoms with Gasteiger partial charge in [-0.25, -0.2) is 0 Å². The summed E-state index contributed by atoms with van der Waals surface area (Å²) in [6.07, 6.45) is 1.82. The molecule has 0 aliphatic carbocycles. The summed E-state index contributed by atoms with van der Waals surface area (Å²) in [7, 11) is -0.835. The van der Waals surface area contributed by atoms with Crippen LogP contribution < -0.4 is 0 Å². The SMILES string of the molecule is CC(C)N1CC[P+](=O)CC1. The van der Waals surface area contributed by atoms with Crippen molar-refractivity contribution in [1.29, 1.82) is 0 Å². The number of hydrogen-bond donors (Lipinski definition) is 0. The van der Waals surface area contributed by atoms with Crippen molar-refractivity contribution in [2.24, 2.45) is 0 Å². The monoisotopic (exact) mass is 160 g/mol. The molecule has 0 aromatic heterocycles. The zero-order chi connectivity index (χ0) is 7.56. The van der Waals surface area contributed by atoms with Crippen LogP contribution >= 0.6 is 7.80 Å². The topological polar surface area (TPSA) is 20.3 Å². The van der Waals surface area contributed by atoms with Crippen LogP contribution in [-0.2, 0) is 4.57 Å². The molecule has 2 nitrogen and oxygen atoms in total. The van der Waals surface area contributed by atoms with E-state index in [1.54, 1.807) is 0 Å². The summed E-state index contributed by atoms with van der Waals surface area (Å²) in [6, 6.07) is 0.628. The second-order valence-electron chi connectivity index (χ2n) is 3.06. The minimum atomic E-state index is -0.835. The first-order valence-corrected chi connectivity index (χ1v) is 5.49. The summed E-state index contributed by atoms with van der Waals surface area (Å²) in [5, 5.41) is 0. The molecule has 0 radical (unpaired) electrons. The Bertz CT molecular complexity index is 126. The van der Waals surface area contributed by atoms with Gasteiger partial charge in [0, 0.05) is 19.1 Å². The van der Waals surface area contributed by atoms with Crippen LogP contribution in [-0.4, -0.2) is 36.4 Å². The van der Waals surface area contributed by atoms with Crippen molar-refractivity contribution in [3.05, 3.63) is 0 Å². The molecule has 0 bridgehead atoms. The smallest absolute Gasteiger partial charge is 0.293 e. The Morgan fingerprint density at radius 3 is 2.20 bits per heavy atom. The van der Waals surface area contributed by atoms with Gasteiger partial charge in [0.2, 0.25) is 0 Å². The Labute approximate surface area is 63.4 Å². The zero-order valence-corrected chi connectivity index (χ0v) is 7.60. The molecule has 1 fully saturated rings. The molecule has 1 aliphatic heterocycles. The summed E-state index contributed by atoms with van der Waals surface area (Å²) in [4.78, 5) is 2.39. The molecule has 0 atom stereocenters. The van der Waals surface area contributed by atoms with E-state index >= 15 is 0 Å². The first-order valence-electron chi connectivity index (χ1n) is 3.86. The molecular formula is C7H15NOP+. The van der Waals surface area contributed by atoms with Gasteiger partial charge in [0.15, 0.2) is 12.3 Å². The minimum Gasteiger partial charge on any atom is -0.293 e. The van der Waals surface area contributed by atoms with Crippen molar-refractivity contribution in [3.8, 4) is 0 Å². The lowest BCUT2D eigenvalue weighted by Crippen LogP contribution is -2.37. The molecular weight excluding hydrogens is 145 g/mol. The molecule has 0 aromatic carbocycles. The van der Waals surface area contributed by atoms with Crippen LogP contribution in [0.4, 0.5) is 0 Å². The van der Waals surface area contributed by atoms with E-state index in [1.807, 2.05) is 0 Å². The van der Waals surface area contributed by atoms with Gasteiger partial charge in [0.05, 0.1) is 0 Å². The lowest BCUT2D eigenvalue weighted by atomic mass is 10.3. The normalized spacial score (nSPS) is 22.1. The third-order valence-corrected chi connectivity index (χ3v) is 3.40. The summed E-state index contributed by atoms with van der Waals surface area (Å²) in [5.74, 6) is 0. The third-order valence-electron chi connectivity index (χ3n) is 2.00. The molecule has 3 heteroatoms. The third kappa shape index (κ3) is 2.03. The Kier molecular flexibility index (Phi) is 2.82. The predicted molar refractivity (Wildman–Crippen MR) is 44.0 cm³/mol. The first-order chi connectivity index (χ1) is 4.70. The fourth-order valence-corrected chi connectivity index (χ4v) is 2.40. The highest BCUT2D eigenvalue weighted by molar-refractivity contribution is 7.44. The van der Waals surface area contributed by atoms with Crippen LogP contribution in [0, 0.1) is 0 Å². The van der Waals surface area contributed by atoms with Gasteiger partial charge in [-0.1, -0.05) is 4.57 Å². The fraction of sp³-hybridized carbons (Fsp3) is 1.00. The lowest BCUT2D eigenvalue weighted by molar-refractivity contribution is 0.241. The summed E-state index contributed by atoms with van der Waals surface area (Å²) >= 11 is 0. The summed E-state index contributed by atoms with van der Waals surface area (Å²) < 4.78 is 11.0. The van der Waals surface area contributed by atoms with Crippen molar-refractivity contribution in [2.45, 2.75) is 19.9 Å². The van der Waals surface area contributed by atoms with E-state index in [0.29, 0.717) is 6.04 Å². The zero-order valence-electron chi connectivity index (χ0n) is 6.71. The highest BCUT2D eigenvalue weighted by Gasteiger charge is 2.25. The van der Waals surface area contributed by atoms with E-state index in [4.69, 9.17) is 0 Å². The second-order valence-corrected chi connectivity index (χ2v) is 4.92. The Balaban J connectivity index is 2.33. The van der Waals surface area contributed by atoms with E-state index in [0.717, 1.165) is 25.4 Å². The maximum atomic E-state index is 11.0. The van der Waals surface area contributed by atoms with Crippen LogP contribution in [0.2, 0.25) is 0 Å². The minimum absolute atomic E-state index is 0.628. The maximum absolute atomic E-state index is 11.0. The largest absolute Gasteiger partial charge is 0.341 e. The van der Waals surface area contributed by atoms with Gasteiger partial charge < -0.3 is 0 Å². The Morgan fingerprint density at radius 2 is 1.80 bits per heavy atom. The molecule has 0 spiro atoms. The van der Waals surface area contributed by atoms with Gasteiger partial charge in [0.1, 0.15) is 0 Å². The number of rotatable bonds is 1. The Morgan fingerprint density at radius 1 is 1.30 bits per heavy atom. The van der Waals surface area contributed by atoms with E-state index in [2.05, 4.69) is 18.7 Å². The first kappa shape index (κ1) is 8.16. The molecule has 10 heavy (non-hydrogen) atoms. The van der Waals surface area contributed by atoms with Gasteiger partial charge in [0.25, 0.3) is 0 Å². The second kappa shape index (κ2) is 3.45. The highest BCUT2D eigenvalue weighted by Crippen LogP contribution is 2.24. The standard InChI is InChI=1S/C7H15NOP/c1-7(2)8-3-5-10(9)6-4-8/h7H,3-6H2,1-2H3/q+1. The molecule has 1 aliphatic rings. The molecule has 1 saturated heterocycles. The maximum Gasteiger partial charge on any atom is 0.341 e. The average molecular weight is 160 g/mol. The predicted octanol–water partition coefficient (Wildman–Crippen LogP) is 1.54. The van der Waals surface area contributed by atoms with Crippen LogP contribution in [0.3, 0.4) is 0 Å². The van der Waals surface area contributed by atoms with Crippen LogP contribution in [0.5, 0.6) is 0 Å². The van der Waals surface area contributed by atoms with Crippen molar-refractivity contribution in [1.82, 2.24) is 4.90 Å². The van der Waals surface area contributed by atoms with Crippen molar-refractivity contribution in [3.63, 3.8) is 0 Å². The molecule has 0 aromatic rings. The van der Waals surface area contributed by atoms with Gasteiger partial charge in [-0.05, 0) is 13.8 Å². The van der Waals surface area contributed by atoms with Crippen LogP contribution in [0.1, 0.15) is 13.8 Å². The molecule has 0 N–H and O–H groups in total. The molecule has 1 heterocycles. The molecule has 1 rings (SSSR count). The van der Waals surface area contributed by atoms with Crippen molar-refractivity contribution >= 4 is 7.80 Å². The van der Waals surface area contributed by atoms with E-state index in [1.165, 1.54) is 0 Å². The van der Waals surface area contributed by atoms with Gasteiger partial charge in [-0.15, -0.1) is 0 Å². The lowest BCUT2D eigenvalue weighted by Gasteiger charge is -2.25. The van der Waals surface area contributed by atoms with Gasteiger partial charge >= 0.3 is 7.80 Å². The van der Waals surface area contributed by atoms with E-state index < -0.39 is 7.80 Å².